The van der Waals surface area contributed by atoms with Crippen LogP contribution in [0.15, 0.2) is 48.0 Å². The van der Waals surface area contributed by atoms with Crippen LogP contribution in [0.3, 0.4) is 0 Å². The molecule has 1 fully saturated rings. The minimum Gasteiger partial charge on any atom is -0.301 e. The van der Waals surface area contributed by atoms with Crippen LogP contribution in [0, 0.1) is 6.92 Å². The summed E-state index contributed by atoms with van der Waals surface area (Å²) in [7, 11) is 0. The molecule has 3 heterocycles. The fourth-order valence-corrected chi connectivity index (χ4v) is 5.39. The first-order valence-electron chi connectivity index (χ1n) is 9.25. The maximum atomic E-state index is 12.5. The molecule has 1 N–H and O–H groups in total. The Morgan fingerprint density at radius 3 is 3.07 bits per heavy atom. The molecule has 0 bridgehead atoms. The SMILES string of the molecule is Cc1cccc(Cc2cnc(NC(=O)CN3CCCC3c3cccs3)s2)c1. The summed E-state index contributed by atoms with van der Waals surface area (Å²) in [5.74, 6) is 0.0231. The molecule has 0 saturated carbocycles. The number of carbonyl (C=O) groups is 1. The molecular weight excluding hydrogens is 374 g/mol. The Kier molecular flexibility index (Phi) is 5.66. The second kappa shape index (κ2) is 8.33. The van der Waals surface area contributed by atoms with E-state index in [9.17, 15) is 4.79 Å². The van der Waals surface area contributed by atoms with Crippen molar-refractivity contribution in [2.45, 2.75) is 32.2 Å². The molecule has 27 heavy (non-hydrogen) atoms. The van der Waals surface area contributed by atoms with E-state index in [1.54, 1.807) is 22.7 Å². The van der Waals surface area contributed by atoms with Crippen LogP contribution in [0.5, 0.6) is 0 Å². The zero-order valence-corrected chi connectivity index (χ0v) is 17.0. The summed E-state index contributed by atoms with van der Waals surface area (Å²) in [6.07, 6.45) is 4.99. The average Bonchev–Trinajstić information content (AvgIpc) is 3.37. The number of carbonyl (C=O) groups excluding carboxylic acids is 1. The number of aromatic nitrogens is 1. The van der Waals surface area contributed by atoms with E-state index in [1.807, 2.05) is 6.20 Å². The second-order valence-corrected chi connectivity index (χ2v) is 9.08. The number of hydrogen-bond acceptors (Lipinski definition) is 5. The van der Waals surface area contributed by atoms with Gasteiger partial charge in [0.15, 0.2) is 5.13 Å². The van der Waals surface area contributed by atoms with E-state index < -0.39 is 0 Å². The van der Waals surface area contributed by atoms with Crippen LogP contribution in [0.1, 0.15) is 39.8 Å². The number of rotatable bonds is 6. The van der Waals surface area contributed by atoms with Gasteiger partial charge in [0.25, 0.3) is 0 Å². The molecule has 2 aromatic heterocycles. The molecule has 6 heteroatoms. The standard InChI is InChI=1S/C21H23N3OS2/c1-15-5-2-6-16(11-15)12-17-13-22-21(27-17)23-20(25)14-24-9-3-7-18(24)19-8-4-10-26-19/h2,4-6,8,10-11,13,18H,3,7,9,12,14H2,1H3,(H,22,23,25). The van der Waals surface area contributed by atoms with Crippen LogP contribution in [0.2, 0.25) is 0 Å². The first-order chi connectivity index (χ1) is 13.2. The van der Waals surface area contributed by atoms with Gasteiger partial charge in [-0.1, -0.05) is 35.9 Å². The molecule has 1 unspecified atom stereocenters. The molecule has 1 aromatic carbocycles. The van der Waals surface area contributed by atoms with Gasteiger partial charge in [-0.2, -0.15) is 0 Å². The fourth-order valence-electron chi connectivity index (χ4n) is 3.63. The largest absolute Gasteiger partial charge is 0.301 e. The summed E-state index contributed by atoms with van der Waals surface area (Å²) in [6, 6.07) is 13.1. The van der Waals surface area contributed by atoms with Crippen molar-refractivity contribution in [1.29, 1.82) is 0 Å². The number of anilines is 1. The third kappa shape index (κ3) is 4.64. The van der Waals surface area contributed by atoms with Crippen LogP contribution in [-0.4, -0.2) is 28.9 Å². The molecule has 0 spiro atoms. The fraction of sp³-hybridized carbons (Fsp3) is 0.333. The highest BCUT2D eigenvalue weighted by Gasteiger charge is 2.28. The number of benzene rings is 1. The average molecular weight is 398 g/mol. The molecule has 0 aliphatic carbocycles. The van der Waals surface area contributed by atoms with Gasteiger partial charge in [0.2, 0.25) is 5.91 Å². The highest BCUT2D eigenvalue weighted by molar-refractivity contribution is 7.15. The molecule has 1 aliphatic heterocycles. The van der Waals surface area contributed by atoms with E-state index in [4.69, 9.17) is 0 Å². The van der Waals surface area contributed by atoms with Crippen molar-refractivity contribution in [2.75, 3.05) is 18.4 Å². The smallest absolute Gasteiger partial charge is 0.240 e. The zero-order valence-electron chi connectivity index (χ0n) is 15.4. The Labute approximate surface area is 167 Å². The molecule has 1 amide bonds. The van der Waals surface area contributed by atoms with E-state index in [2.05, 4.69) is 63.9 Å². The third-order valence-corrected chi connectivity index (χ3v) is 6.73. The topological polar surface area (TPSA) is 45.2 Å². The molecule has 1 saturated heterocycles. The summed E-state index contributed by atoms with van der Waals surface area (Å²) in [6.45, 7) is 3.51. The number of hydrogen-bond donors (Lipinski definition) is 1. The first kappa shape index (κ1) is 18.3. The summed E-state index contributed by atoms with van der Waals surface area (Å²) < 4.78 is 0. The molecule has 3 aromatic rings. The van der Waals surface area contributed by atoms with Crippen molar-refractivity contribution in [3.05, 3.63) is 68.9 Å². The van der Waals surface area contributed by atoms with E-state index >= 15 is 0 Å². The molecule has 4 rings (SSSR count). The Morgan fingerprint density at radius 2 is 2.26 bits per heavy atom. The number of nitrogens with one attached hydrogen (secondary N) is 1. The lowest BCUT2D eigenvalue weighted by atomic mass is 10.1. The van der Waals surface area contributed by atoms with Gasteiger partial charge in [0, 0.05) is 28.4 Å². The van der Waals surface area contributed by atoms with Crippen molar-refractivity contribution < 1.29 is 4.79 Å². The van der Waals surface area contributed by atoms with Gasteiger partial charge in [0.05, 0.1) is 6.54 Å². The number of thiazole rings is 1. The van der Waals surface area contributed by atoms with Gasteiger partial charge < -0.3 is 5.32 Å². The minimum atomic E-state index is 0.0231. The van der Waals surface area contributed by atoms with Gasteiger partial charge in [0.1, 0.15) is 0 Å². The zero-order chi connectivity index (χ0) is 18.6. The van der Waals surface area contributed by atoms with Gasteiger partial charge in [-0.25, -0.2) is 4.98 Å². The summed E-state index contributed by atoms with van der Waals surface area (Å²) in [4.78, 5) is 21.7. The lowest BCUT2D eigenvalue weighted by Gasteiger charge is -2.22. The van der Waals surface area contributed by atoms with E-state index in [0.717, 1.165) is 30.7 Å². The molecule has 1 atom stereocenters. The van der Waals surface area contributed by atoms with E-state index in [1.165, 1.54) is 16.0 Å². The van der Waals surface area contributed by atoms with Crippen molar-refractivity contribution in [2.24, 2.45) is 0 Å². The Balaban J connectivity index is 1.34. The minimum absolute atomic E-state index is 0.0231. The van der Waals surface area contributed by atoms with E-state index in [-0.39, 0.29) is 5.91 Å². The van der Waals surface area contributed by atoms with Crippen molar-refractivity contribution in [3.63, 3.8) is 0 Å². The Morgan fingerprint density at radius 1 is 1.33 bits per heavy atom. The molecule has 140 valence electrons. The third-order valence-electron chi connectivity index (χ3n) is 4.84. The van der Waals surface area contributed by atoms with Gasteiger partial charge in [-0.3, -0.25) is 9.69 Å². The quantitative estimate of drug-likeness (QED) is 0.645. The number of nitrogens with zero attached hydrogens (tertiary/aromatic N) is 2. The highest BCUT2D eigenvalue weighted by Crippen LogP contribution is 2.34. The van der Waals surface area contributed by atoms with E-state index in [0.29, 0.717) is 17.7 Å². The maximum absolute atomic E-state index is 12.5. The predicted octanol–water partition coefficient (Wildman–Crippen LogP) is 4.88. The molecular formula is C21H23N3OS2. The number of likely N-dealkylation sites (tertiary alicyclic amines) is 1. The van der Waals surface area contributed by atoms with Gasteiger partial charge >= 0.3 is 0 Å². The summed E-state index contributed by atoms with van der Waals surface area (Å²) >= 11 is 3.34. The van der Waals surface area contributed by atoms with Gasteiger partial charge in [-0.05, 0) is 43.3 Å². The van der Waals surface area contributed by atoms with Gasteiger partial charge in [-0.15, -0.1) is 22.7 Å². The van der Waals surface area contributed by atoms with Crippen LogP contribution in [-0.2, 0) is 11.2 Å². The van der Waals surface area contributed by atoms with Crippen LogP contribution >= 0.6 is 22.7 Å². The first-order valence-corrected chi connectivity index (χ1v) is 10.9. The molecule has 4 nitrogen and oxygen atoms in total. The monoisotopic (exact) mass is 397 g/mol. The predicted molar refractivity (Wildman–Crippen MR) is 113 cm³/mol. The number of amides is 1. The molecule has 1 aliphatic rings. The summed E-state index contributed by atoms with van der Waals surface area (Å²) in [5, 5.41) is 5.78. The highest BCUT2D eigenvalue weighted by atomic mass is 32.1. The number of aryl methyl sites for hydroxylation is 1. The Bertz CT molecular complexity index is 904. The lowest BCUT2D eigenvalue weighted by Crippen LogP contribution is -2.32. The van der Waals surface area contributed by atoms with Crippen LogP contribution < -0.4 is 5.32 Å². The summed E-state index contributed by atoms with van der Waals surface area (Å²) in [5.41, 5.74) is 2.53. The van der Waals surface area contributed by atoms with Crippen LogP contribution in [0.25, 0.3) is 0 Å². The van der Waals surface area contributed by atoms with Crippen molar-refractivity contribution in [3.8, 4) is 0 Å². The maximum Gasteiger partial charge on any atom is 0.240 e. The van der Waals surface area contributed by atoms with Crippen molar-refractivity contribution >= 4 is 33.7 Å². The normalized spacial score (nSPS) is 17.3. The van der Waals surface area contributed by atoms with Crippen LogP contribution in [0.4, 0.5) is 5.13 Å². The number of thiophene rings is 1. The lowest BCUT2D eigenvalue weighted by molar-refractivity contribution is -0.117. The second-order valence-electron chi connectivity index (χ2n) is 6.99. The molecule has 0 radical (unpaired) electrons. The Hall–Kier alpha value is -2.02. The van der Waals surface area contributed by atoms with Crippen molar-refractivity contribution in [1.82, 2.24) is 9.88 Å².